The van der Waals surface area contributed by atoms with Gasteiger partial charge in [0.05, 0.1) is 0 Å². The minimum absolute atomic E-state index is 0.107. The van der Waals surface area contributed by atoms with E-state index in [0.29, 0.717) is 16.6 Å². The van der Waals surface area contributed by atoms with Crippen molar-refractivity contribution in [1.82, 2.24) is 0 Å². The first-order valence-electron chi connectivity index (χ1n) is 5.86. The van der Waals surface area contributed by atoms with E-state index in [1.54, 1.807) is 30.3 Å². The van der Waals surface area contributed by atoms with E-state index in [-0.39, 0.29) is 5.92 Å². The van der Waals surface area contributed by atoms with Gasteiger partial charge in [0.25, 0.3) is 0 Å². The Kier molecular flexibility index (Phi) is 3.05. The Labute approximate surface area is 115 Å². The monoisotopic (exact) mass is 271 g/mol. The molecule has 0 aromatic heterocycles. The number of hydrogen-bond donors (Lipinski definition) is 0. The van der Waals surface area contributed by atoms with E-state index in [9.17, 15) is 4.79 Å². The number of nitrogens with zero attached hydrogens (tertiary/aromatic N) is 1. The van der Waals surface area contributed by atoms with Gasteiger partial charge in [-0.25, -0.2) is 9.79 Å². The highest BCUT2D eigenvalue weighted by Crippen LogP contribution is 2.21. The molecule has 0 N–H and O–H groups in total. The lowest BCUT2D eigenvalue weighted by Crippen LogP contribution is -2.05. The van der Waals surface area contributed by atoms with Crippen LogP contribution in [0.5, 0.6) is 0 Å². The fraction of sp³-hybridized carbons (Fsp3) is 0.0667. The molecule has 0 amide bonds. The molecule has 94 valence electrons. The van der Waals surface area contributed by atoms with Crippen LogP contribution >= 0.6 is 11.6 Å². The van der Waals surface area contributed by atoms with Gasteiger partial charge in [0.15, 0.2) is 0 Å². The summed E-state index contributed by atoms with van der Waals surface area (Å²) in [6.45, 7) is 0. The first-order chi connectivity index (χ1) is 9.22. The van der Waals surface area contributed by atoms with Crippen molar-refractivity contribution >= 4 is 23.5 Å². The number of aliphatic imine (C=N–C) groups is 1. The van der Waals surface area contributed by atoms with Gasteiger partial charge in [-0.15, -0.1) is 0 Å². The lowest BCUT2D eigenvalue weighted by molar-refractivity contribution is -0.130. The molecule has 0 saturated heterocycles. The van der Waals surface area contributed by atoms with Crippen LogP contribution in [0, 0.1) is 5.92 Å². The molecular formula is C15H10ClNO2. The first kappa shape index (κ1) is 11.9. The third kappa shape index (κ3) is 2.51. The van der Waals surface area contributed by atoms with Crippen molar-refractivity contribution < 1.29 is 9.53 Å². The van der Waals surface area contributed by atoms with Crippen LogP contribution in [-0.4, -0.2) is 11.9 Å². The summed E-state index contributed by atoms with van der Waals surface area (Å²) in [6, 6.07) is 7.01. The molecule has 0 bridgehead atoms. The van der Waals surface area contributed by atoms with Gasteiger partial charge >= 0.3 is 5.97 Å². The molecule has 0 radical (unpaired) electrons. The predicted octanol–water partition coefficient (Wildman–Crippen LogP) is 3.27. The van der Waals surface area contributed by atoms with Gasteiger partial charge in [0.2, 0.25) is 5.90 Å². The zero-order valence-electron chi connectivity index (χ0n) is 9.92. The van der Waals surface area contributed by atoms with Crippen LogP contribution in [0.4, 0.5) is 0 Å². The van der Waals surface area contributed by atoms with E-state index in [1.165, 1.54) is 0 Å². The summed E-state index contributed by atoms with van der Waals surface area (Å²) in [5.41, 5.74) is 1.07. The molecule has 4 heteroatoms. The molecule has 1 aliphatic heterocycles. The summed E-state index contributed by atoms with van der Waals surface area (Å²) in [5.74, 6) is 0.00777. The summed E-state index contributed by atoms with van der Waals surface area (Å²) in [7, 11) is 0. The molecule has 0 spiro atoms. The maximum atomic E-state index is 11.7. The predicted molar refractivity (Wildman–Crippen MR) is 73.9 cm³/mol. The van der Waals surface area contributed by atoms with Gasteiger partial charge in [-0.05, 0) is 30.3 Å². The number of hydrogen-bond acceptors (Lipinski definition) is 3. The second-order valence-electron chi connectivity index (χ2n) is 4.21. The van der Waals surface area contributed by atoms with Gasteiger partial charge in [0.1, 0.15) is 5.70 Å². The first-order valence-corrected chi connectivity index (χ1v) is 6.24. The smallest absolute Gasteiger partial charge is 0.363 e. The third-order valence-electron chi connectivity index (χ3n) is 2.84. The Hall–Kier alpha value is -2.13. The summed E-state index contributed by atoms with van der Waals surface area (Å²) in [5, 5.41) is 0.630. The van der Waals surface area contributed by atoms with Crippen LogP contribution in [0.3, 0.4) is 0 Å². The number of benzene rings is 1. The molecule has 2 aliphatic rings. The fourth-order valence-corrected chi connectivity index (χ4v) is 2.01. The number of ether oxygens (including phenoxy) is 1. The van der Waals surface area contributed by atoms with Gasteiger partial charge in [-0.2, -0.15) is 0 Å². The molecule has 19 heavy (non-hydrogen) atoms. The van der Waals surface area contributed by atoms with Crippen LogP contribution in [0.25, 0.3) is 0 Å². The normalized spacial score (nSPS) is 20.2. The Morgan fingerprint density at radius 1 is 1.16 bits per heavy atom. The minimum atomic E-state index is -0.418. The van der Waals surface area contributed by atoms with Crippen LogP contribution in [-0.2, 0) is 9.53 Å². The zero-order valence-corrected chi connectivity index (χ0v) is 10.7. The average Bonchev–Trinajstić information content (AvgIpc) is 3.02. The topological polar surface area (TPSA) is 38.7 Å². The fourth-order valence-electron chi connectivity index (χ4n) is 1.88. The maximum Gasteiger partial charge on any atom is 0.363 e. The Morgan fingerprint density at radius 2 is 1.84 bits per heavy atom. The lowest BCUT2D eigenvalue weighted by Gasteiger charge is -1.98. The Balaban J connectivity index is 1.88. The maximum absolute atomic E-state index is 11.7. The molecule has 3 rings (SSSR count). The summed E-state index contributed by atoms with van der Waals surface area (Å²) < 4.78 is 5.16. The van der Waals surface area contributed by atoms with E-state index < -0.39 is 5.97 Å². The number of allylic oxidation sites excluding steroid dienone is 5. The van der Waals surface area contributed by atoms with Gasteiger partial charge in [0, 0.05) is 16.5 Å². The number of carbonyl (C=O) groups excluding carboxylic acids is 1. The molecule has 3 nitrogen and oxygen atoms in total. The Bertz CT molecular complexity index is 627. The highest BCUT2D eigenvalue weighted by Gasteiger charge is 2.24. The third-order valence-corrected chi connectivity index (χ3v) is 3.09. The molecule has 0 saturated carbocycles. The van der Waals surface area contributed by atoms with E-state index in [0.717, 1.165) is 5.56 Å². The average molecular weight is 272 g/mol. The second kappa shape index (κ2) is 4.86. The molecular weight excluding hydrogens is 262 g/mol. The molecule has 1 aromatic rings. The Morgan fingerprint density at radius 3 is 2.53 bits per heavy atom. The molecule has 1 heterocycles. The molecule has 0 fully saturated rings. The second-order valence-corrected chi connectivity index (χ2v) is 4.65. The number of carbonyl (C=O) groups is 1. The summed E-state index contributed by atoms with van der Waals surface area (Å²) in [4.78, 5) is 16.0. The standard InChI is InChI=1S/C15H10ClNO2/c16-12-7-5-11(6-8-12)14-17-13(15(18)19-14)9-10-3-1-2-4-10/h1-10H/b13-9+. The summed E-state index contributed by atoms with van der Waals surface area (Å²) in [6.07, 6.45) is 9.62. The van der Waals surface area contributed by atoms with Crippen molar-refractivity contribution in [3.05, 3.63) is 70.9 Å². The zero-order chi connectivity index (χ0) is 13.2. The number of esters is 1. The molecule has 1 aliphatic carbocycles. The van der Waals surface area contributed by atoms with Gasteiger partial charge in [-0.1, -0.05) is 35.9 Å². The highest BCUT2D eigenvalue weighted by atomic mass is 35.5. The van der Waals surface area contributed by atoms with Crippen molar-refractivity contribution in [3.8, 4) is 0 Å². The van der Waals surface area contributed by atoms with Gasteiger partial charge < -0.3 is 4.74 Å². The highest BCUT2D eigenvalue weighted by molar-refractivity contribution is 6.30. The number of halogens is 1. The van der Waals surface area contributed by atoms with Crippen molar-refractivity contribution in [2.24, 2.45) is 10.9 Å². The van der Waals surface area contributed by atoms with E-state index in [4.69, 9.17) is 16.3 Å². The van der Waals surface area contributed by atoms with Crippen molar-refractivity contribution in [2.75, 3.05) is 0 Å². The minimum Gasteiger partial charge on any atom is -0.402 e. The number of rotatable bonds is 2. The van der Waals surface area contributed by atoms with E-state index in [1.807, 2.05) is 24.3 Å². The van der Waals surface area contributed by atoms with E-state index in [2.05, 4.69) is 4.99 Å². The lowest BCUT2D eigenvalue weighted by atomic mass is 10.1. The molecule has 0 unspecified atom stereocenters. The van der Waals surface area contributed by atoms with Crippen LogP contribution in [0.2, 0.25) is 5.02 Å². The summed E-state index contributed by atoms with van der Waals surface area (Å²) >= 11 is 5.81. The molecule has 0 atom stereocenters. The van der Waals surface area contributed by atoms with Crippen molar-refractivity contribution in [1.29, 1.82) is 0 Å². The number of cyclic esters (lactones) is 1. The van der Waals surface area contributed by atoms with Crippen LogP contribution in [0.1, 0.15) is 5.56 Å². The van der Waals surface area contributed by atoms with Crippen LogP contribution < -0.4 is 0 Å². The van der Waals surface area contributed by atoms with E-state index >= 15 is 0 Å². The quantitative estimate of drug-likeness (QED) is 0.612. The SMILES string of the molecule is O=C1OC(c2ccc(Cl)cc2)=N/C1=C/C1C=CC=C1. The van der Waals surface area contributed by atoms with Gasteiger partial charge in [-0.3, -0.25) is 0 Å². The molecule has 1 aromatic carbocycles. The van der Waals surface area contributed by atoms with Crippen molar-refractivity contribution in [3.63, 3.8) is 0 Å². The largest absolute Gasteiger partial charge is 0.402 e. The van der Waals surface area contributed by atoms with Crippen LogP contribution in [0.15, 0.2) is 65.3 Å². The van der Waals surface area contributed by atoms with Crippen molar-refractivity contribution in [2.45, 2.75) is 0 Å².